The van der Waals surface area contributed by atoms with Crippen LogP contribution in [0.3, 0.4) is 0 Å². The Bertz CT molecular complexity index is 459. The predicted molar refractivity (Wildman–Crippen MR) is 76.7 cm³/mol. The van der Waals surface area contributed by atoms with Crippen LogP contribution < -0.4 is 10.6 Å². The Kier molecular flexibility index (Phi) is 4.37. The Labute approximate surface area is 117 Å². The number of anilines is 2. The molecule has 2 rings (SSSR count). The van der Waals surface area contributed by atoms with Gasteiger partial charge in [0.15, 0.2) is 0 Å². The number of nitrogens with two attached hydrogens (primary N) is 1. The fourth-order valence-electron chi connectivity index (χ4n) is 2.15. The van der Waals surface area contributed by atoms with E-state index < -0.39 is 0 Å². The molecule has 0 spiro atoms. The van der Waals surface area contributed by atoms with Crippen molar-refractivity contribution in [2.24, 2.45) is 0 Å². The minimum Gasteiger partial charge on any atom is -0.450 e. The molecule has 104 valence electrons. The third kappa shape index (κ3) is 3.04. The van der Waals surface area contributed by atoms with Gasteiger partial charge in [0.2, 0.25) is 0 Å². The lowest BCUT2D eigenvalue weighted by Gasteiger charge is -2.36. The monoisotopic (exact) mass is 283 g/mol. The molecule has 2 N–H and O–H groups in total. The van der Waals surface area contributed by atoms with Crippen LogP contribution in [0.5, 0.6) is 0 Å². The molecule has 1 aliphatic heterocycles. The highest BCUT2D eigenvalue weighted by atomic mass is 35.5. The lowest BCUT2D eigenvalue weighted by Crippen LogP contribution is -2.49. The Hall–Kier alpha value is -1.62. The summed E-state index contributed by atoms with van der Waals surface area (Å²) >= 11 is 6.02. The van der Waals surface area contributed by atoms with E-state index in [0.29, 0.717) is 30.4 Å². The summed E-state index contributed by atoms with van der Waals surface area (Å²) in [6.45, 7) is 4.92. The molecule has 0 aromatic heterocycles. The average Bonchev–Trinajstić information content (AvgIpc) is 2.42. The minimum atomic E-state index is -0.249. The number of amides is 1. The first kappa shape index (κ1) is 13.8. The second kappa shape index (κ2) is 6.02. The highest BCUT2D eigenvalue weighted by Gasteiger charge is 2.23. The number of piperazine rings is 1. The van der Waals surface area contributed by atoms with Crippen molar-refractivity contribution in [2.75, 3.05) is 43.4 Å². The van der Waals surface area contributed by atoms with Gasteiger partial charge >= 0.3 is 6.09 Å². The summed E-state index contributed by atoms with van der Waals surface area (Å²) in [4.78, 5) is 15.4. The fourth-order valence-corrected chi connectivity index (χ4v) is 2.32. The largest absolute Gasteiger partial charge is 0.450 e. The molecule has 0 aliphatic carbocycles. The van der Waals surface area contributed by atoms with Gasteiger partial charge < -0.3 is 20.3 Å². The maximum absolute atomic E-state index is 11.6. The molecule has 6 heteroatoms. The van der Waals surface area contributed by atoms with E-state index in [9.17, 15) is 4.79 Å². The van der Waals surface area contributed by atoms with Crippen LogP contribution in [0.2, 0.25) is 5.02 Å². The maximum Gasteiger partial charge on any atom is 0.409 e. The Morgan fingerprint density at radius 1 is 1.37 bits per heavy atom. The number of ether oxygens (including phenoxy) is 1. The summed E-state index contributed by atoms with van der Waals surface area (Å²) in [5.74, 6) is 0. The molecule has 0 saturated carbocycles. The van der Waals surface area contributed by atoms with Gasteiger partial charge in [-0.2, -0.15) is 0 Å². The van der Waals surface area contributed by atoms with Crippen molar-refractivity contribution < 1.29 is 9.53 Å². The predicted octanol–water partition coefficient (Wildman–Crippen LogP) is 2.20. The van der Waals surface area contributed by atoms with E-state index >= 15 is 0 Å². The van der Waals surface area contributed by atoms with Gasteiger partial charge in [-0.25, -0.2) is 4.79 Å². The second-order valence-electron chi connectivity index (χ2n) is 4.35. The van der Waals surface area contributed by atoms with Gasteiger partial charge in [-0.05, 0) is 19.1 Å². The number of nitrogen functional groups attached to an aromatic ring is 1. The van der Waals surface area contributed by atoms with Crippen molar-refractivity contribution in [1.29, 1.82) is 0 Å². The van der Waals surface area contributed by atoms with E-state index in [0.717, 1.165) is 18.8 Å². The summed E-state index contributed by atoms with van der Waals surface area (Å²) in [5.41, 5.74) is 7.50. The molecule has 1 aromatic carbocycles. The van der Waals surface area contributed by atoms with E-state index in [-0.39, 0.29) is 6.09 Å². The third-order valence-electron chi connectivity index (χ3n) is 3.18. The molecule has 0 atom stereocenters. The molecule has 1 heterocycles. The Balaban J connectivity index is 2.00. The molecule has 0 radical (unpaired) electrons. The zero-order valence-corrected chi connectivity index (χ0v) is 11.7. The number of nitrogens with zero attached hydrogens (tertiary/aromatic N) is 2. The smallest absolute Gasteiger partial charge is 0.409 e. The van der Waals surface area contributed by atoms with E-state index in [1.165, 1.54) is 0 Å². The summed E-state index contributed by atoms with van der Waals surface area (Å²) in [7, 11) is 0. The lowest BCUT2D eigenvalue weighted by molar-refractivity contribution is 0.105. The number of carbonyl (C=O) groups is 1. The molecule has 1 fully saturated rings. The van der Waals surface area contributed by atoms with E-state index in [1.807, 2.05) is 12.1 Å². The second-order valence-corrected chi connectivity index (χ2v) is 4.75. The highest BCUT2D eigenvalue weighted by molar-refractivity contribution is 6.33. The third-order valence-corrected chi connectivity index (χ3v) is 3.51. The molecule has 0 unspecified atom stereocenters. The molecule has 5 nitrogen and oxygen atoms in total. The van der Waals surface area contributed by atoms with E-state index in [4.69, 9.17) is 22.1 Å². The number of rotatable bonds is 2. The molecule has 1 amide bonds. The standard InChI is InChI=1S/C13H18ClN3O2/c1-2-19-13(18)17-8-6-16(7-9-17)11-5-3-4-10(14)12(11)15/h3-5H,2,6-9,15H2,1H3. The van der Waals surface area contributed by atoms with Crippen LogP contribution >= 0.6 is 11.6 Å². The first-order valence-electron chi connectivity index (χ1n) is 6.34. The van der Waals surface area contributed by atoms with Crippen molar-refractivity contribution in [2.45, 2.75) is 6.92 Å². The Morgan fingerprint density at radius 2 is 2.05 bits per heavy atom. The van der Waals surface area contributed by atoms with Crippen molar-refractivity contribution in [3.8, 4) is 0 Å². The number of para-hydroxylation sites is 1. The number of hydrogen-bond donors (Lipinski definition) is 1. The van der Waals surface area contributed by atoms with Gasteiger partial charge in [0, 0.05) is 26.2 Å². The summed E-state index contributed by atoms with van der Waals surface area (Å²) < 4.78 is 4.99. The summed E-state index contributed by atoms with van der Waals surface area (Å²) in [6, 6.07) is 5.60. The van der Waals surface area contributed by atoms with Crippen LogP contribution in [0.4, 0.5) is 16.2 Å². The molecule has 0 bridgehead atoms. The average molecular weight is 284 g/mol. The lowest BCUT2D eigenvalue weighted by atomic mass is 10.2. The normalized spacial score (nSPS) is 15.5. The SMILES string of the molecule is CCOC(=O)N1CCN(c2cccc(Cl)c2N)CC1. The fraction of sp³-hybridized carbons (Fsp3) is 0.462. The molecule has 1 saturated heterocycles. The highest BCUT2D eigenvalue weighted by Crippen LogP contribution is 2.30. The number of halogens is 1. The van der Waals surface area contributed by atoms with Gasteiger partial charge in [-0.15, -0.1) is 0 Å². The topological polar surface area (TPSA) is 58.8 Å². The number of hydrogen-bond acceptors (Lipinski definition) is 4. The van der Waals surface area contributed by atoms with Crippen LogP contribution in [-0.2, 0) is 4.74 Å². The van der Waals surface area contributed by atoms with Crippen LogP contribution in [0, 0.1) is 0 Å². The van der Waals surface area contributed by atoms with Crippen LogP contribution in [0.25, 0.3) is 0 Å². The van der Waals surface area contributed by atoms with Gasteiger partial charge in [0.05, 0.1) is 23.0 Å². The summed E-state index contributed by atoms with van der Waals surface area (Å²) in [5, 5.41) is 0.560. The van der Waals surface area contributed by atoms with Crippen molar-refractivity contribution >= 4 is 29.1 Å². The Morgan fingerprint density at radius 3 is 2.68 bits per heavy atom. The zero-order valence-electron chi connectivity index (χ0n) is 10.9. The maximum atomic E-state index is 11.6. The zero-order chi connectivity index (χ0) is 13.8. The number of carbonyl (C=O) groups excluding carboxylic acids is 1. The molecule has 19 heavy (non-hydrogen) atoms. The van der Waals surface area contributed by atoms with Crippen molar-refractivity contribution in [3.05, 3.63) is 23.2 Å². The molecular formula is C13H18ClN3O2. The minimum absolute atomic E-state index is 0.249. The molecule has 1 aliphatic rings. The first-order chi connectivity index (χ1) is 9.13. The summed E-state index contributed by atoms with van der Waals surface area (Å²) in [6.07, 6.45) is -0.249. The van der Waals surface area contributed by atoms with Crippen LogP contribution in [-0.4, -0.2) is 43.8 Å². The van der Waals surface area contributed by atoms with Gasteiger partial charge in [0.25, 0.3) is 0 Å². The van der Waals surface area contributed by atoms with E-state index in [2.05, 4.69) is 4.90 Å². The van der Waals surface area contributed by atoms with Gasteiger partial charge in [0.1, 0.15) is 0 Å². The van der Waals surface area contributed by atoms with Gasteiger partial charge in [-0.1, -0.05) is 17.7 Å². The van der Waals surface area contributed by atoms with Crippen LogP contribution in [0.15, 0.2) is 18.2 Å². The van der Waals surface area contributed by atoms with E-state index in [1.54, 1.807) is 17.9 Å². The van der Waals surface area contributed by atoms with Crippen molar-refractivity contribution in [3.63, 3.8) is 0 Å². The number of benzene rings is 1. The van der Waals surface area contributed by atoms with Crippen LogP contribution in [0.1, 0.15) is 6.92 Å². The molecular weight excluding hydrogens is 266 g/mol. The van der Waals surface area contributed by atoms with Gasteiger partial charge in [-0.3, -0.25) is 0 Å². The first-order valence-corrected chi connectivity index (χ1v) is 6.72. The quantitative estimate of drug-likeness (QED) is 0.846. The van der Waals surface area contributed by atoms with Crippen molar-refractivity contribution in [1.82, 2.24) is 4.90 Å². The molecule has 1 aromatic rings.